The topological polar surface area (TPSA) is 96.3 Å². The van der Waals surface area contributed by atoms with Crippen LogP contribution in [0.2, 0.25) is 0 Å². The van der Waals surface area contributed by atoms with Crippen molar-refractivity contribution in [2.45, 2.75) is 12.6 Å². The molecule has 0 aromatic heterocycles. The maximum atomic E-state index is 13.2. The minimum absolute atomic E-state index is 0.00266. The van der Waals surface area contributed by atoms with Gasteiger partial charge in [0.15, 0.2) is 11.5 Å². The zero-order valence-electron chi connectivity index (χ0n) is 17.6. The smallest absolute Gasteiger partial charge is 0.295 e. The molecule has 2 N–H and O–H groups in total. The number of hydrogen-bond acceptors (Lipinski definition) is 6. The number of phenols is 1. The predicted octanol–water partition coefficient (Wildman–Crippen LogP) is 3.79. The standard InChI is InChI=1S/C26H21NO6/c28-19-8-4-7-17(13-19)23-22(24(29)18-9-10-20-21(14-18)33-12-11-32-20)25(30)26(31)27(23)15-16-5-2-1-3-6-16/h1-10,13-14,23,28-29H,11-12,15H2/t23-/m0/s1. The van der Waals surface area contributed by atoms with Crippen LogP contribution in [0.25, 0.3) is 5.76 Å². The number of fused-ring (bicyclic) bond motifs is 1. The Kier molecular flexibility index (Phi) is 5.22. The van der Waals surface area contributed by atoms with Crippen LogP contribution in [0.15, 0.2) is 78.4 Å². The van der Waals surface area contributed by atoms with Gasteiger partial charge in [0.2, 0.25) is 0 Å². The minimum Gasteiger partial charge on any atom is -0.508 e. The van der Waals surface area contributed by atoms with Gasteiger partial charge in [0.1, 0.15) is 24.7 Å². The number of aliphatic hydroxyl groups excluding tert-OH is 1. The number of carbonyl (C=O) groups excluding carboxylic acids is 2. The summed E-state index contributed by atoms with van der Waals surface area (Å²) >= 11 is 0. The summed E-state index contributed by atoms with van der Waals surface area (Å²) in [4.78, 5) is 27.6. The number of phenolic OH excluding ortho intramolecular Hbond substituents is 1. The van der Waals surface area contributed by atoms with Gasteiger partial charge in [0.05, 0.1) is 11.6 Å². The molecule has 0 aliphatic carbocycles. The van der Waals surface area contributed by atoms with Crippen LogP contribution in [0.5, 0.6) is 17.2 Å². The lowest BCUT2D eigenvalue weighted by atomic mass is 9.95. The average molecular weight is 443 g/mol. The molecule has 1 atom stereocenters. The fourth-order valence-corrected chi connectivity index (χ4v) is 4.21. The van der Waals surface area contributed by atoms with Gasteiger partial charge in [-0.25, -0.2) is 0 Å². The Hall–Kier alpha value is -4.26. The summed E-state index contributed by atoms with van der Waals surface area (Å²) in [5.41, 5.74) is 1.65. The molecule has 0 saturated carbocycles. The summed E-state index contributed by atoms with van der Waals surface area (Å²) in [6.45, 7) is 0.978. The Bertz CT molecular complexity index is 1270. The lowest BCUT2D eigenvalue weighted by Gasteiger charge is -2.25. The van der Waals surface area contributed by atoms with Crippen molar-refractivity contribution in [3.63, 3.8) is 0 Å². The number of rotatable bonds is 4. The summed E-state index contributed by atoms with van der Waals surface area (Å²) in [6, 6.07) is 19.6. The number of aliphatic hydroxyl groups is 1. The average Bonchev–Trinajstić information content (AvgIpc) is 3.09. The number of Topliss-reactive ketones (excluding diaryl/α,β-unsaturated/α-hetero) is 1. The SMILES string of the molecule is O=C1C(=O)N(Cc2ccccc2)[C@@H](c2cccc(O)c2)C1=C(O)c1ccc2c(c1)OCCO2. The van der Waals surface area contributed by atoms with Crippen molar-refractivity contribution >= 4 is 17.4 Å². The molecule has 0 radical (unpaired) electrons. The van der Waals surface area contributed by atoms with Crippen molar-refractivity contribution in [3.05, 3.63) is 95.1 Å². The first kappa shape index (κ1) is 20.6. The Morgan fingerprint density at radius 3 is 2.42 bits per heavy atom. The third kappa shape index (κ3) is 3.78. The van der Waals surface area contributed by atoms with E-state index in [0.29, 0.717) is 35.8 Å². The number of amides is 1. The monoisotopic (exact) mass is 443 g/mol. The first-order valence-electron chi connectivity index (χ1n) is 10.5. The molecule has 33 heavy (non-hydrogen) atoms. The molecule has 0 unspecified atom stereocenters. The lowest BCUT2D eigenvalue weighted by Crippen LogP contribution is -2.29. The van der Waals surface area contributed by atoms with Gasteiger partial charge in [-0.3, -0.25) is 9.59 Å². The number of carbonyl (C=O) groups is 2. The summed E-state index contributed by atoms with van der Waals surface area (Å²) in [6.07, 6.45) is 0. The van der Waals surface area contributed by atoms with Crippen molar-refractivity contribution in [1.29, 1.82) is 0 Å². The van der Waals surface area contributed by atoms with Gasteiger partial charge >= 0.3 is 0 Å². The molecule has 2 heterocycles. The van der Waals surface area contributed by atoms with Crippen molar-refractivity contribution in [2.24, 2.45) is 0 Å². The fraction of sp³-hybridized carbons (Fsp3) is 0.154. The Balaban J connectivity index is 1.64. The molecule has 2 aliphatic rings. The predicted molar refractivity (Wildman–Crippen MR) is 120 cm³/mol. The Morgan fingerprint density at radius 1 is 0.909 bits per heavy atom. The Morgan fingerprint density at radius 2 is 1.67 bits per heavy atom. The number of likely N-dealkylation sites (tertiary alicyclic amines) is 1. The molecule has 1 amide bonds. The molecule has 0 spiro atoms. The normalized spacial score (nSPS) is 19.0. The van der Waals surface area contributed by atoms with Crippen molar-refractivity contribution < 1.29 is 29.3 Å². The molecule has 3 aromatic carbocycles. The molecule has 5 rings (SSSR count). The van der Waals surface area contributed by atoms with Gasteiger partial charge in [0.25, 0.3) is 11.7 Å². The number of ketones is 1. The third-order valence-corrected chi connectivity index (χ3v) is 5.74. The summed E-state index contributed by atoms with van der Waals surface area (Å²) in [7, 11) is 0. The van der Waals surface area contributed by atoms with E-state index in [4.69, 9.17) is 9.47 Å². The maximum Gasteiger partial charge on any atom is 0.295 e. The van der Waals surface area contributed by atoms with E-state index >= 15 is 0 Å². The molecular formula is C26H21NO6. The van der Waals surface area contributed by atoms with Crippen LogP contribution in [0.4, 0.5) is 0 Å². The second-order valence-corrected chi connectivity index (χ2v) is 7.87. The molecule has 3 aromatic rings. The number of aromatic hydroxyl groups is 1. The van der Waals surface area contributed by atoms with Gasteiger partial charge in [-0.2, -0.15) is 0 Å². The maximum absolute atomic E-state index is 13.2. The van der Waals surface area contributed by atoms with E-state index in [1.807, 2.05) is 30.3 Å². The van der Waals surface area contributed by atoms with Crippen LogP contribution >= 0.6 is 0 Å². The second kappa shape index (κ2) is 8.35. The fourth-order valence-electron chi connectivity index (χ4n) is 4.21. The van der Waals surface area contributed by atoms with E-state index in [1.54, 1.807) is 30.3 Å². The van der Waals surface area contributed by atoms with E-state index in [9.17, 15) is 19.8 Å². The summed E-state index contributed by atoms with van der Waals surface area (Å²) < 4.78 is 11.1. The molecule has 7 nitrogen and oxygen atoms in total. The highest BCUT2D eigenvalue weighted by Crippen LogP contribution is 2.42. The van der Waals surface area contributed by atoms with Gasteiger partial charge in [-0.1, -0.05) is 42.5 Å². The molecule has 7 heteroatoms. The molecule has 1 fully saturated rings. The van der Waals surface area contributed by atoms with Crippen molar-refractivity contribution in [1.82, 2.24) is 4.90 Å². The zero-order valence-corrected chi connectivity index (χ0v) is 17.6. The first-order valence-corrected chi connectivity index (χ1v) is 10.5. The molecule has 0 bridgehead atoms. The number of hydrogen-bond donors (Lipinski definition) is 2. The van der Waals surface area contributed by atoms with Crippen LogP contribution in [-0.2, 0) is 16.1 Å². The highest BCUT2D eigenvalue weighted by atomic mass is 16.6. The first-order chi connectivity index (χ1) is 16.0. The van der Waals surface area contributed by atoms with Gasteiger partial charge in [0, 0.05) is 12.1 Å². The molecular weight excluding hydrogens is 422 g/mol. The van der Waals surface area contributed by atoms with Crippen LogP contribution in [0, 0.1) is 0 Å². The van der Waals surface area contributed by atoms with Crippen LogP contribution in [0.1, 0.15) is 22.7 Å². The summed E-state index contributed by atoms with van der Waals surface area (Å²) in [5.74, 6) is -0.811. The largest absolute Gasteiger partial charge is 0.508 e. The van der Waals surface area contributed by atoms with Gasteiger partial charge in [-0.05, 0) is 41.5 Å². The highest BCUT2D eigenvalue weighted by Gasteiger charge is 2.46. The van der Waals surface area contributed by atoms with Gasteiger partial charge in [-0.15, -0.1) is 0 Å². The van der Waals surface area contributed by atoms with E-state index < -0.39 is 17.7 Å². The number of nitrogens with zero attached hydrogens (tertiary/aromatic N) is 1. The van der Waals surface area contributed by atoms with E-state index in [0.717, 1.165) is 5.56 Å². The highest BCUT2D eigenvalue weighted by molar-refractivity contribution is 6.46. The van der Waals surface area contributed by atoms with Crippen LogP contribution in [-0.4, -0.2) is 40.0 Å². The van der Waals surface area contributed by atoms with Crippen molar-refractivity contribution in [3.8, 4) is 17.2 Å². The minimum atomic E-state index is -0.870. The second-order valence-electron chi connectivity index (χ2n) is 7.87. The third-order valence-electron chi connectivity index (χ3n) is 5.74. The van der Waals surface area contributed by atoms with Gasteiger partial charge < -0.3 is 24.6 Å². The molecule has 2 aliphatic heterocycles. The van der Waals surface area contributed by atoms with E-state index in [2.05, 4.69) is 0 Å². The number of ether oxygens (including phenoxy) is 2. The summed E-state index contributed by atoms with van der Waals surface area (Å²) in [5, 5.41) is 21.3. The number of benzene rings is 3. The lowest BCUT2D eigenvalue weighted by molar-refractivity contribution is -0.140. The molecule has 1 saturated heterocycles. The van der Waals surface area contributed by atoms with Crippen LogP contribution in [0.3, 0.4) is 0 Å². The van der Waals surface area contributed by atoms with E-state index in [-0.39, 0.29) is 23.6 Å². The zero-order chi connectivity index (χ0) is 22.9. The van der Waals surface area contributed by atoms with E-state index in [1.165, 1.54) is 17.0 Å². The van der Waals surface area contributed by atoms with Crippen molar-refractivity contribution in [2.75, 3.05) is 13.2 Å². The quantitative estimate of drug-likeness (QED) is 0.362. The van der Waals surface area contributed by atoms with Crippen LogP contribution < -0.4 is 9.47 Å². The Labute approximate surface area is 190 Å². The molecule has 166 valence electrons.